The molecule has 1 saturated heterocycles. The van der Waals surface area contributed by atoms with Gasteiger partial charge in [-0.2, -0.15) is 0 Å². The van der Waals surface area contributed by atoms with Crippen LogP contribution in [0.25, 0.3) is 10.2 Å². The average Bonchev–Trinajstić information content (AvgIpc) is 3.03. The topological polar surface area (TPSA) is 103 Å². The summed E-state index contributed by atoms with van der Waals surface area (Å²) in [6.07, 6.45) is -4.40. The smallest absolute Gasteiger partial charge is 0.353 e. The van der Waals surface area contributed by atoms with Gasteiger partial charge in [-0.25, -0.2) is 4.79 Å². The van der Waals surface area contributed by atoms with Gasteiger partial charge in [-0.1, -0.05) is 6.92 Å². The molecule has 170 valence electrons. The second-order valence-electron chi connectivity index (χ2n) is 7.00. The Balaban J connectivity index is 2.12. The van der Waals surface area contributed by atoms with Crippen molar-refractivity contribution in [1.82, 2.24) is 19.4 Å². The van der Waals surface area contributed by atoms with Crippen molar-refractivity contribution in [3.63, 3.8) is 0 Å². The highest BCUT2D eigenvalue weighted by Gasteiger charge is 2.30. The molecule has 2 amide bonds. The summed E-state index contributed by atoms with van der Waals surface area (Å²) in [6.45, 7) is 2.55. The predicted octanol–water partition coefficient (Wildman–Crippen LogP) is 1.05. The van der Waals surface area contributed by atoms with E-state index < -0.39 is 36.7 Å². The fraction of sp³-hybridized carbons (Fsp3) is 0.556. The fourth-order valence-corrected chi connectivity index (χ4v) is 4.71. The van der Waals surface area contributed by atoms with Gasteiger partial charge in [-0.05, 0) is 18.9 Å². The molecule has 0 unspecified atom stereocenters. The number of carbonyl (C=O) groups is 2. The van der Waals surface area contributed by atoms with Gasteiger partial charge in [0.15, 0.2) is 0 Å². The van der Waals surface area contributed by atoms with Gasteiger partial charge in [0, 0.05) is 19.6 Å². The third-order valence-electron chi connectivity index (χ3n) is 4.84. The minimum absolute atomic E-state index is 0.0819. The zero-order valence-electron chi connectivity index (χ0n) is 16.9. The Morgan fingerprint density at radius 1 is 1.19 bits per heavy atom. The van der Waals surface area contributed by atoms with Crippen molar-refractivity contribution in [2.45, 2.75) is 39.7 Å². The van der Waals surface area contributed by atoms with Gasteiger partial charge in [-0.3, -0.25) is 28.3 Å². The number of carbonyl (C=O) groups excluding carboxylic acids is 2. The van der Waals surface area contributed by atoms with E-state index in [1.165, 1.54) is 4.90 Å². The van der Waals surface area contributed by atoms with Crippen LogP contribution in [0.1, 0.15) is 28.6 Å². The van der Waals surface area contributed by atoms with Gasteiger partial charge < -0.3 is 10.2 Å². The Hall–Kier alpha value is -2.67. The van der Waals surface area contributed by atoms with Gasteiger partial charge >= 0.3 is 12.1 Å². The van der Waals surface area contributed by atoms with E-state index in [0.717, 1.165) is 20.5 Å². The van der Waals surface area contributed by atoms with Crippen molar-refractivity contribution in [1.29, 1.82) is 0 Å². The Kier molecular flexibility index (Phi) is 6.55. The number of halogens is 3. The number of ether oxygens (including phenoxy) is 1. The molecular formula is C18H21F3N4O5S. The minimum Gasteiger partial charge on any atom is -0.353 e. The van der Waals surface area contributed by atoms with Crippen LogP contribution in [-0.2, 0) is 22.6 Å². The lowest BCUT2D eigenvalue weighted by atomic mass is 10.2. The van der Waals surface area contributed by atoms with Crippen molar-refractivity contribution in [2.24, 2.45) is 0 Å². The Morgan fingerprint density at radius 3 is 2.52 bits per heavy atom. The molecule has 0 aliphatic carbocycles. The molecule has 0 bridgehead atoms. The maximum Gasteiger partial charge on any atom is 0.522 e. The molecule has 1 N–H and O–H groups in total. The number of nitrogens with zero attached hydrogens (tertiary/aromatic N) is 3. The molecule has 0 saturated carbocycles. The highest BCUT2D eigenvalue weighted by Crippen LogP contribution is 2.29. The zero-order valence-corrected chi connectivity index (χ0v) is 17.7. The molecule has 2 aromatic rings. The van der Waals surface area contributed by atoms with Crippen LogP contribution in [-0.4, -0.2) is 58.5 Å². The Morgan fingerprint density at radius 2 is 1.90 bits per heavy atom. The largest absolute Gasteiger partial charge is 0.522 e. The summed E-state index contributed by atoms with van der Waals surface area (Å²) in [6, 6.07) is 0. The molecule has 0 aromatic carbocycles. The van der Waals surface area contributed by atoms with E-state index in [2.05, 4.69) is 10.1 Å². The average molecular weight is 462 g/mol. The number of aromatic nitrogens is 2. The summed E-state index contributed by atoms with van der Waals surface area (Å²) >= 11 is 0.856. The molecule has 1 aliphatic heterocycles. The van der Waals surface area contributed by atoms with Crippen LogP contribution in [0, 0.1) is 6.92 Å². The molecule has 2 aromatic heterocycles. The quantitative estimate of drug-likeness (QED) is 0.692. The molecule has 31 heavy (non-hydrogen) atoms. The number of hydrogen-bond acceptors (Lipinski definition) is 6. The van der Waals surface area contributed by atoms with Crippen LogP contribution in [0.5, 0.6) is 0 Å². The summed E-state index contributed by atoms with van der Waals surface area (Å²) < 4.78 is 43.0. The molecule has 0 atom stereocenters. The van der Waals surface area contributed by atoms with Crippen LogP contribution in [0.4, 0.5) is 13.2 Å². The van der Waals surface area contributed by atoms with Crippen LogP contribution < -0.4 is 16.6 Å². The first kappa shape index (κ1) is 23.0. The molecule has 3 heterocycles. The third-order valence-corrected chi connectivity index (χ3v) is 6.14. The van der Waals surface area contributed by atoms with E-state index in [0.29, 0.717) is 12.0 Å². The highest BCUT2D eigenvalue weighted by molar-refractivity contribution is 7.20. The van der Waals surface area contributed by atoms with E-state index in [1.807, 2.05) is 0 Å². The maximum atomic E-state index is 13.0. The number of alkyl halides is 3. The molecule has 1 fully saturated rings. The van der Waals surface area contributed by atoms with E-state index in [1.54, 1.807) is 13.8 Å². The second-order valence-corrected chi connectivity index (χ2v) is 8.00. The van der Waals surface area contributed by atoms with Gasteiger partial charge in [0.1, 0.15) is 4.83 Å². The standard InChI is InChI=1S/C18H21F3N4O5S/c1-3-5-24-14(27)12-10(2)13(15(28)23-6-4-22-11(26)9-23)31-16(12)25(17(24)29)7-8-30-18(19,20)21/h3-9H2,1-2H3,(H,22,26). The second kappa shape index (κ2) is 8.83. The van der Waals surface area contributed by atoms with Gasteiger partial charge in [-0.15, -0.1) is 24.5 Å². The molecule has 1 aliphatic rings. The van der Waals surface area contributed by atoms with Crippen molar-refractivity contribution in [2.75, 3.05) is 26.2 Å². The first-order chi connectivity index (χ1) is 14.5. The van der Waals surface area contributed by atoms with Gasteiger partial charge in [0.2, 0.25) is 5.91 Å². The number of fused-ring (bicyclic) bond motifs is 1. The number of amides is 2. The number of piperazine rings is 1. The lowest BCUT2D eigenvalue weighted by Crippen LogP contribution is -2.49. The molecule has 9 nitrogen and oxygen atoms in total. The van der Waals surface area contributed by atoms with Crippen LogP contribution in [0.3, 0.4) is 0 Å². The molecule has 0 spiro atoms. The summed E-state index contributed by atoms with van der Waals surface area (Å²) in [5, 5.41) is 2.71. The lowest BCUT2D eigenvalue weighted by Gasteiger charge is -2.26. The first-order valence-corrected chi connectivity index (χ1v) is 10.4. The lowest BCUT2D eigenvalue weighted by molar-refractivity contribution is -0.325. The summed E-state index contributed by atoms with van der Waals surface area (Å²) in [5.74, 6) is -0.787. The number of thiophene rings is 1. The maximum absolute atomic E-state index is 13.0. The molecule has 3 rings (SSSR count). The molecule has 13 heteroatoms. The van der Waals surface area contributed by atoms with E-state index >= 15 is 0 Å². The van der Waals surface area contributed by atoms with E-state index in [4.69, 9.17) is 0 Å². The van der Waals surface area contributed by atoms with Crippen molar-refractivity contribution >= 4 is 33.4 Å². The molecular weight excluding hydrogens is 441 g/mol. The fourth-order valence-electron chi connectivity index (χ4n) is 3.42. The van der Waals surface area contributed by atoms with Crippen molar-refractivity contribution < 1.29 is 27.5 Å². The summed E-state index contributed by atoms with van der Waals surface area (Å²) in [7, 11) is 0. The van der Waals surface area contributed by atoms with Crippen LogP contribution in [0.2, 0.25) is 0 Å². The number of nitrogens with one attached hydrogen (secondary N) is 1. The van der Waals surface area contributed by atoms with E-state index in [9.17, 15) is 32.3 Å². The van der Waals surface area contributed by atoms with Gasteiger partial charge in [0.25, 0.3) is 11.5 Å². The predicted molar refractivity (Wildman–Crippen MR) is 106 cm³/mol. The third kappa shape index (κ3) is 4.66. The van der Waals surface area contributed by atoms with Crippen molar-refractivity contribution in [3.05, 3.63) is 31.3 Å². The summed E-state index contributed by atoms with van der Waals surface area (Å²) in [5.41, 5.74) is -1.03. The number of hydrogen-bond donors (Lipinski definition) is 1. The Labute approximate surface area is 178 Å². The Bertz CT molecular complexity index is 1130. The van der Waals surface area contributed by atoms with Crippen LogP contribution >= 0.6 is 11.3 Å². The summed E-state index contributed by atoms with van der Waals surface area (Å²) in [4.78, 5) is 52.0. The number of rotatable bonds is 6. The normalized spacial score (nSPS) is 14.9. The van der Waals surface area contributed by atoms with Gasteiger partial charge in [0.05, 0.1) is 30.0 Å². The molecule has 0 radical (unpaired) electrons. The first-order valence-electron chi connectivity index (χ1n) is 9.58. The van der Waals surface area contributed by atoms with E-state index in [-0.39, 0.29) is 47.2 Å². The monoisotopic (exact) mass is 462 g/mol. The van der Waals surface area contributed by atoms with Crippen LogP contribution in [0.15, 0.2) is 9.59 Å². The number of aryl methyl sites for hydroxylation is 1. The highest BCUT2D eigenvalue weighted by atomic mass is 32.1. The minimum atomic E-state index is -4.86. The SMILES string of the molecule is CCCn1c(=O)c2c(C)c(C(=O)N3CCNC(=O)C3)sc2n(CCOC(F)(F)F)c1=O. The van der Waals surface area contributed by atoms with Crippen molar-refractivity contribution in [3.8, 4) is 0 Å². The zero-order chi connectivity index (χ0) is 22.9.